The van der Waals surface area contributed by atoms with Crippen molar-refractivity contribution in [2.45, 2.75) is 13.1 Å². The van der Waals surface area contributed by atoms with Gasteiger partial charge in [-0.25, -0.2) is 4.98 Å². The third-order valence-corrected chi connectivity index (χ3v) is 4.87. The summed E-state index contributed by atoms with van der Waals surface area (Å²) in [7, 11) is 1.42. The number of aromatic nitrogens is 1. The highest BCUT2D eigenvalue weighted by Crippen LogP contribution is 2.31. The number of nitrogens with one attached hydrogen (secondary N) is 1. The molecule has 31 heavy (non-hydrogen) atoms. The van der Waals surface area contributed by atoms with E-state index < -0.39 is 18.7 Å². The summed E-state index contributed by atoms with van der Waals surface area (Å²) >= 11 is 1.09. The number of fused-ring (bicyclic) bond motifs is 1. The number of halogens is 3. The van der Waals surface area contributed by atoms with Gasteiger partial charge in [-0.1, -0.05) is 11.3 Å². The number of nitrogens with zero attached hydrogens (tertiary/aromatic N) is 1. The van der Waals surface area contributed by atoms with Crippen molar-refractivity contribution in [2.75, 3.05) is 25.6 Å². The average Bonchev–Trinajstić information content (AvgIpc) is 3.11. The quantitative estimate of drug-likeness (QED) is 0.506. The van der Waals surface area contributed by atoms with Gasteiger partial charge in [0.2, 0.25) is 0 Å². The number of benzene rings is 2. The zero-order chi connectivity index (χ0) is 22.6. The lowest BCUT2D eigenvalue weighted by Gasteiger charge is -2.11. The van der Waals surface area contributed by atoms with Crippen molar-refractivity contribution in [2.24, 2.45) is 0 Å². The summed E-state index contributed by atoms with van der Waals surface area (Å²) in [5.41, 5.74) is 0.948. The predicted molar refractivity (Wildman–Crippen MR) is 108 cm³/mol. The Labute approximate surface area is 178 Å². The lowest BCUT2D eigenvalue weighted by molar-refractivity contribution is -0.153. The molecular weight excluding hydrogens is 437 g/mol. The summed E-state index contributed by atoms with van der Waals surface area (Å²) in [6.07, 6.45) is -4.43. The highest BCUT2D eigenvalue weighted by molar-refractivity contribution is 7.22. The van der Waals surface area contributed by atoms with E-state index in [1.165, 1.54) is 44.4 Å². The smallest absolute Gasteiger partial charge is 0.422 e. The molecule has 1 amide bonds. The number of methoxy groups -OCH3 is 1. The Bertz CT molecular complexity index is 1110. The summed E-state index contributed by atoms with van der Waals surface area (Å²) in [6.45, 7) is -0.313. The van der Waals surface area contributed by atoms with E-state index in [0.29, 0.717) is 27.3 Å². The number of hydrogen-bond donors (Lipinski definition) is 1. The summed E-state index contributed by atoms with van der Waals surface area (Å²) in [5.74, 6) is 0.0248. The van der Waals surface area contributed by atoms with Crippen LogP contribution >= 0.6 is 11.3 Å². The fourth-order valence-corrected chi connectivity index (χ4v) is 3.43. The Balaban J connectivity index is 1.62. The minimum atomic E-state index is -4.43. The van der Waals surface area contributed by atoms with Gasteiger partial charge in [-0.2, -0.15) is 13.2 Å². The average molecular weight is 454 g/mol. The van der Waals surface area contributed by atoms with Gasteiger partial charge >= 0.3 is 6.18 Å². The van der Waals surface area contributed by atoms with Crippen LogP contribution in [-0.4, -0.2) is 43.2 Å². The highest BCUT2D eigenvalue weighted by atomic mass is 32.1. The molecule has 1 aromatic heterocycles. The molecule has 1 heterocycles. The van der Waals surface area contributed by atoms with Gasteiger partial charge in [0, 0.05) is 5.56 Å². The van der Waals surface area contributed by atoms with Gasteiger partial charge < -0.3 is 14.2 Å². The van der Waals surface area contributed by atoms with E-state index >= 15 is 0 Å². The van der Waals surface area contributed by atoms with Crippen LogP contribution in [0.3, 0.4) is 0 Å². The molecule has 0 radical (unpaired) electrons. The van der Waals surface area contributed by atoms with Crippen LogP contribution < -0.4 is 19.5 Å². The number of anilines is 1. The van der Waals surface area contributed by atoms with E-state index in [4.69, 9.17) is 14.2 Å². The number of ketones is 1. The van der Waals surface area contributed by atoms with Crippen LogP contribution in [0.5, 0.6) is 17.2 Å². The van der Waals surface area contributed by atoms with Gasteiger partial charge in [-0.3, -0.25) is 14.9 Å². The van der Waals surface area contributed by atoms with Crippen LogP contribution in [0.1, 0.15) is 17.3 Å². The van der Waals surface area contributed by atoms with Crippen molar-refractivity contribution in [3.05, 3.63) is 42.0 Å². The molecule has 0 saturated heterocycles. The van der Waals surface area contributed by atoms with Gasteiger partial charge in [0.05, 0.1) is 17.3 Å². The fraction of sp³-hybridized carbons (Fsp3) is 0.250. The monoisotopic (exact) mass is 454 g/mol. The second kappa shape index (κ2) is 9.21. The Hall–Kier alpha value is -3.34. The molecule has 0 aliphatic heterocycles. The SMILES string of the molecule is COc1cc(C(C)=O)ccc1OCC(=O)Nc1nc2ccc(OCC(F)(F)F)cc2s1. The minimum Gasteiger partial charge on any atom is -0.493 e. The molecule has 0 fully saturated rings. The van der Waals surface area contributed by atoms with E-state index in [2.05, 4.69) is 10.3 Å². The van der Waals surface area contributed by atoms with E-state index in [1.54, 1.807) is 6.07 Å². The summed E-state index contributed by atoms with van der Waals surface area (Å²) < 4.78 is 52.8. The Kier molecular flexibility index (Phi) is 6.64. The van der Waals surface area contributed by atoms with E-state index in [-0.39, 0.29) is 23.3 Å². The topological polar surface area (TPSA) is 86.8 Å². The predicted octanol–water partition coefficient (Wildman–Crippen LogP) is 4.47. The van der Waals surface area contributed by atoms with Crippen molar-refractivity contribution in [1.82, 2.24) is 4.98 Å². The third kappa shape index (κ3) is 6.07. The molecule has 0 bridgehead atoms. The van der Waals surface area contributed by atoms with Gasteiger partial charge in [0.25, 0.3) is 5.91 Å². The molecular formula is C20H17F3N2O5S. The number of rotatable bonds is 8. The zero-order valence-electron chi connectivity index (χ0n) is 16.4. The first-order valence-corrected chi connectivity index (χ1v) is 9.68. The molecule has 164 valence electrons. The van der Waals surface area contributed by atoms with Crippen molar-refractivity contribution in [3.8, 4) is 17.2 Å². The number of alkyl halides is 3. The zero-order valence-corrected chi connectivity index (χ0v) is 17.2. The number of amides is 1. The summed E-state index contributed by atoms with van der Waals surface area (Å²) in [6, 6.07) is 8.91. The van der Waals surface area contributed by atoms with Crippen LogP contribution in [0.4, 0.5) is 18.3 Å². The van der Waals surface area contributed by atoms with Gasteiger partial charge in [-0.05, 0) is 43.3 Å². The molecule has 1 N–H and O–H groups in total. The number of thiazole rings is 1. The molecule has 0 aliphatic carbocycles. The van der Waals surface area contributed by atoms with Crippen molar-refractivity contribution in [1.29, 1.82) is 0 Å². The Morgan fingerprint density at radius 1 is 1.10 bits per heavy atom. The normalized spacial score (nSPS) is 11.3. The first-order valence-electron chi connectivity index (χ1n) is 8.86. The van der Waals surface area contributed by atoms with Crippen LogP contribution in [0.25, 0.3) is 10.2 Å². The molecule has 0 unspecified atom stereocenters. The number of hydrogen-bond acceptors (Lipinski definition) is 7. The van der Waals surface area contributed by atoms with Crippen molar-refractivity contribution >= 4 is 38.4 Å². The number of ether oxygens (including phenoxy) is 3. The third-order valence-electron chi connectivity index (χ3n) is 3.94. The molecule has 3 aromatic rings. The largest absolute Gasteiger partial charge is 0.493 e. The lowest BCUT2D eigenvalue weighted by Crippen LogP contribution is -2.20. The van der Waals surface area contributed by atoms with Crippen LogP contribution in [0, 0.1) is 0 Å². The molecule has 0 saturated carbocycles. The minimum absolute atomic E-state index is 0.0517. The molecule has 2 aromatic carbocycles. The van der Waals surface area contributed by atoms with Gasteiger partial charge in [0.15, 0.2) is 35.6 Å². The van der Waals surface area contributed by atoms with E-state index in [0.717, 1.165) is 11.3 Å². The van der Waals surface area contributed by atoms with Crippen molar-refractivity contribution < 1.29 is 37.0 Å². The standard InChI is InChI=1S/C20H17F3N2O5S/c1-11(26)12-3-6-15(16(7-12)28-2)29-9-18(27)25-19-24-14-5-4-13(8-17(14)31-19)30-10-20(21,22)23/h3-8H,9-10H2,1-2H3,(H,24,25,27). The molecule has 0 atom stereocenters. The molecule has 0 aliphatic rings. The summed E-state index contributed by atoms with van der Waals surface area (Å²) in [5, 5.41) is 2.83. The lowest BCUT2D eigenvalue weighted by atomic mass is 10.1. The Morgan fingerprint density at radius 2 is 1.87 bits per heavy atom. The molecule has 11 heteroatoms. The first kappa shape index (κ1) is 22.3. The van der Waals surface area contributed by atoms with E-state index in [9.17, 15) is 22.8 Å². The number of carbonyl (C=O) groups is 2. The number of Topliss-reactive ketones (excluding diaryl/α,β-unsaturated/α-hetero) is 1. The maximum absolute atomic E-state index is 12.3. The molecule has 3 rings (SSSR count). The first-order chi connectivity index (χ1) is 14.6. The summed E-state index contributed by atoms with van der Waals surface area (Å²) in [4.78, 5) is 27.9. The second-order valence-electron chi connectivity index (χ2n) is 6.31. The fourth-order valence-electron chi connectivity index (χ4n) is 2.52. The highest BCUT2D eigenvalue weighted by Gasteiger charge is 2.28. The van der Waals surface area contributed by atoms with Gasteiger partial charge in [-0.15, -0.1) is 0 Å². The Morgan fingerprint density at radius 3 is 2.55 bits per heavy atom. The maximum Gasteiger partial charge on any atom is 0.422 e. The maximum atomic E-state index is 12.3. The van der Waals surface area contributed by atoms with E-state index in [1.807, 2.05) is 0 Å². The van der Waals surface area contributed by atoms with Crippen LogP contribution in [0.15, 0.2) is 36.4 Å². The van der Waals surface area contributed by atoms with Crippen molar-refractivity contribution in [3.63, 3.8) is 0 Å². The molecule has 0 spiro atoms. The number of carbonyl (C=O) groups excluding carboxylic acids is 2. The molecule has 7 nitrogen and oxygen atoms in total. The van der Waals surface area contributed by atoms with Crippen LogP contribution in [-0.2, 0) is 4.79 Å². The van der Waals surface area contributed by atoms with Crippen LogP contribution in [0.2, 0.25) is 0 Å². The van der Waals surface area contributed by atoms with Gasteiger partial charge in [0.1, 0.15) is 5.75 Å². The second-order valence-corrected chi connectivity index (χ2v) is 7.34.